The van der Waals surface area contributed by atoms with Gasteiger partial charge < -0.3 is 4.90 Å². The van der Waals surface area contributed by atoms with Crippen LogP contribution in [0.5, 0.6) is 0 Å². The maximum Gasteiger partial charge on any atom is 0.302 e. The lowest BCUT2D eigenvalue weighted by Crippen LogP contribution is -2.24. The Bertz CT molecular complexity index is 485. The van der Waals surface area contributed by atoms with E-state index in [0.29, 0.717) is 5.69 Å². The van der Waals surface area contributed by atoms with Gasteiger partial charge in [0.15, 0.2) is 0 Å². The van der Waals surface area contributed by atoms with Crippen LogP contribution in [0.2, 0.25) is 0 Å². The maximum atomic E-state index is 12.5. The number of amides is 1. The van der Waals surface area contributed by atoms with Crippen LogP contribution in [-0.2, 0) is 15.0 Å². The lowest BCUT2D eigenvalue weighted by atomic mass is 10.1. The van der Waals surface area contributed by atoms with E-state index in [0.717, 1.165) is 0 Å². The van der Waals surface area contributed by atoms with Gasteiger partial charge in [0, 0.05) is 25.1 Å². The van der Waals surface area contributed by atoms with E-state index in [-0.39, 0.29) is 18.9 Å². The van der Waals surface area contributed by atoms with Crippen LogP contribution in [0.15, 0.2) is 12.4 Å². The van der Waals surface area contributed by atoms with E-state index >= 15 is 0 Å². The molecule has 1 aromatic heterocycles. The number of H-pyrrole nitrogens is 1. The van der Waals surface area contributed by atoms with Crippen LogP contribution in [0.1, 0.15) is 6.42 Å². The number of aromatic nitrogens is 2. The highest BCUT2D eigenvalue weighted by Crippen LogP contribution is 2.25. The molecule has 0 aromatic carbocycles. The van der Waals surface area contributed by atoms with Crippen molar-refractivity contribution < 1.29 is 17.1 Å². The van der Waals surface area contributed by atoms with Crippen molar-refractivity contribution >= 4 is 21.8 Å². The molecule has 6 nitrogen and oxygen atoms in total. The van der Waals surface area contributed by atoms with E-state index in [1.54, 1.807) is 0 Å². The maximum absolute atomic E-state index is 12.5. The van der Waals surface area contributed by atoms with Gasteiger partial charge in [-0.05, 0) is 0 Å². The highest BCUT2D eigenvalue weighted by molar-refractivity contribution is 7.86. The lowest BCUT2D eigenvalue weighted by molar-refractivity contribution is -0.117. The molecule has 2 rings (SSSR count). The number of nitrogens with one attached hydrogen (secondary N) is 1. The molecule has 0 radical (unpaired) electrons. The summed E-state index contributed by atoms with van der Waals surface area (Å²) >= 11 is 0. The van der Waals surface area contributed by atoms with Crippen LogP contribution in [-0.4, -0.2) is 36.8 Å². The Morgan fingerprint density at radius 1 is 1.62 bits per heavy atom. The predicted molar refractivity (Wildman–Crippen MR) is 53.9 cm³/mol. The van der Waals surface area contributed by atoms with Gasteiger partial charge in [0.25, 0.3) is 0 Å². The van der Waals surface area contributed by atoms with Crippen molar-refractivity contribution in [2.45, 2.75) is 6.42 Å². The number of rotatable bonds is 3. The van der Waals surface area contributed by atoms with Crippen molar-refractivity contribution in [3.63, 3.8) is 0 Å². The number of aromatic amines is 1. The second kappa shape index (κ2) is 3.85. The summed E-state index contributed by atoms with van der Waals surface area (Å²) in [6, 6.07) is 0. The summed E-state index contributed by atoms with van der Waals surface area (Å²) in [6.07, 6.45) is 3.04. The Kier molecular flexibility index (Phi) is 2.66. The molecule has 1 N–H and O–H groups in total. The monoisotopic (exact) mass is 247 g/mol. The molecule has 16 heavy (non-hydrogen) atoms. The van der Waals surface area contributed by atoms with Crippen LogP contribution in [0.4, 0.5) is 9.57 Å². The second-order valence-corrected chi connectivity index (χ2v) is 5.15. The van der Waals surface area contributed by atoms with Crippen LogP contribution < -0.4 is 4.90 Å². The third-order valence-electron chi connectivity index (χ3n) is 2.44. The molecule has 1 aliphatic rings. The van der Waals surface area contributed by atoms with E-state index in [9.17, 15) is 17.1 Å². The first-order chi connectivity index (χ1) is 7.46. The minimum atomic E-state index is -4.53. The molecule has 88 valence electrons. The minimum Gasteiger partial charge on any atom is -0.309 e. The largest absolute Gasteiger partial charge is 0.309 e. The first kappa shape index (κ1) is 11.1. The summed E-state index contributed by atoms with van der Waals surface area (Å²) in [4.78, 5) is 12.9. The Morgan fingerprint density at radius 3 is 2.94 bits per heavy atom. The number of hydrogen-bond acceptors (Lipinski definition) is 4. The molecular weight excluding hydrogens is 237 g/mol. The molecule has 0 bridgehead atoms. The molecule has 0 spiro atoms. The average molecular weight is 247 g/mol. The third-order valence-corrected chi connectivity index (χ3v) is 3.30. The van der Waals surface area contributed by atoms with Gasteiger partial charge in [0.1, 0.15) is 0 Å². The molecule has 1 unspecified atom stereocenters. The molecule has 1 atom stereocenters. The lowest BCUT2D eigenvalue weighted by Gasteiger charge is -2.13. The van der Waals surface area contributed by atoms with E-state index in [1.165, 1.54) is 17.3 Å². The van der Waals surface area contributed by atoms with Crippen molar-refractivity contribution in [2.75, 3.05) is 17.2 Å². The number of carbonyl (C=O) groups is 1. The van der Waals surface area contributed by atoms with Gasteiger partial charge in [0.05, 0.1) is 17.6 Å². The molecule has 1 amide bonds. The number of carbonyl (C=O) groups excluding carboxylic acids is 1. The number of halogens is 1. The minimum absolute atomic E-state index is 0.0499. The summed E-state index contributed by atoms with van der Waals surface area (Å²) in [7, 11) is -4.53. The van der Waals surface area contributed by atoms with Crippen LogP contribution >= 0.6 is 0 Å². The Morgan fingerprint density at radius 2 is 2.38 bits per heavy atom. The van der Waals surface area contributed by atoms with Crippen LogP contribution in [0.3, 0.4) is 0 Å². The molecular formula is C8H10FN3O3S. The zero-order valence-electron chi connectivity index (χ0n) is 8.26. The van der Waals surface area contributed by atoms with Crippen molar-refractivity contribution in [3.05, 3.63) is 12.4 Å². The van der Waals surface area contributed by atoms with Crippen molar-refractivity contribution in [2.24, 2.45) is 5.92 Å². The summed E-state index contributed by atoms with van der Waals surface area (Å²) < 4.78 is 33.4. The molecule has 1 aliphatic heterocycles. The smallest absolute Gasteiger partial charge is 0.302 e. The Labute approximate surface area is 91.7 Å². The fourth-order valence-corrected chi connectivity index (χ4v) is 2.60. The number of anilines is 1. The van der Waals surface area contributed by atoms with Gasteiger partial charge >= 0.3 is 10.2 Å². The molecule has 1 fully saturated rings. The SMILES string of the molecule is O=C1CC(CS(=O)(=O)F)CN1c1cn[nH]c1. The second-order valence-electron chi connectivity index (χ2n) is 3.74. The standard InChI is InChI=1S/C8H10FN3O3S/c9-16(14,15)5-6-1-8(13)12(4-6)7-2-10-11-3-7/h2-3,6H,1,4-5H2,(H,10,11). The van der Waals surface area contributed by atoms with Crippen molar-refractivity contribution in [1.82, 2.24) is 10.2 Å². The highest BCUT2D eigenvalue weighted by Gasteiger charge is 2.33. The predicted octanol–water partition coefficient (Wildman–Crippen LogP) is 0.0619. The van der Waals surface area contributed by atoms with Gasteiger partial charge in [0.2, 0.25) is 5.91 Å². The average Bonchev–Trinajstić information content (AvgIpc) is 2.71. The van der Waals surface area contributed by atoms with E-state index in [4.69, 9.17) is 0 Å². The Hall–Kier alpha value is -1.44. The molecule has 1 saturated heterocycles. The fourth-order valence-electron chi connectivity index (χ4n) is 1.82. The van der Waals surface area contributed by atoms with E-state index in [1.807, 2.05) is 0 Å². The number of hydrogen-bond donors (Lipinski definition) is 1. The zero-order chi connectivity index (χ0) is 11.8. The third kappa shape index (κ3) is 2.38. The fraction of sp³-hybridized carbons (Fsp3) is 0.500. The van der Waals surface area contributed by atoms with Crippen molar-refractivity contribution in [1.29, 1.82) is 0 Å². The Balaban J connectivity index is 2.08. The molecule has 1 aromatic rings. The quantitative estimate of drug-likeness (QED) is 0.766. The summed E-state index contributed by atoms with van der Waals surface area (Å²) in [5.74, 6) is -1.31. The molecule has 2 heterocycles. The van der Waals surface area contributed by atoms with Gasteiger partial charge in [-0.2, -0.15) is 13.5 Å². The van der Waals surface area contributed by atoms with E-state index < -0.39 is 21.9 Å². The molecule has 0 saturated carbocycles. The van der Waals surface area contributed by atoms with Crippen molar-refractivity contribution in [3.8, 4) is 0 Å². The van der Waals surface area contributed by atoms with Gasteiger partial charge in [-0.1, -0.05) is 0 Å². The summed E-state index contributed by atoms with van der Waals surface area (Å²) in [5, 5.41) is 6.24. The van der Waals surface area contributed by atoms with E-state index in [2.05, 4.69) is 10.2 Å². The zero-order valence-corrected chi connectivity index (χ0v) is 9.08. The van der Waals surface area contributed by atoms with Crippen LogP contribution in [0.25, 0.3) is 0 Å². The number of nitrogens with zero attached hydrogens (tertiary/aromatic N) is 2. The first-order valence-electron chi connectivity index (χ1n) is 4.67. The molecule has 0 aliphatic carbocycles. The molecule has 8 heteroatoms. The first-order valence-corrected chi connectivity index (χ1v) is 6.22. The van der Waals surface area contributed by atoms with Crippen LogP contribution in [0, 0.1) is 5.92 Å². The topological polar surface area (TPSA) is 83.1 Å². The highest BCUT2D eigenvalue weighted by atomic mass is 32.3. The summed E-state index contributed by atoms with van der Waals surface area (Å²) in [6.45, 7) is 0.210. The van der Waals surface area contributed by atoms with Gasteiger partial charge in [-0.15, -0.1) is 3.89 Å². The van der Waals surface area contributed by atoms with Gasteiger partial charge in [-0.3, -0.25) is 9.89 Å². The normalized spacial score (nSPS) is 21.7. The van der Waals surface area contributed by atoms with Gasteiger partial charge in [-0.25, -0.2) is 0 Å². The summed E-state index contributed by atoms with van der Waals surface area (Å²) in [5.41, 5.74) is 0.573.